The molecule has 0 bridgehead atoms. The number of carbonyl (C=O) groups excluding carboxylic acids is 1. The zero-order chi connectivity index (χ0) is 20.4. The van der Waals surface area contributed by atoms with Crippen molar-refractivity contribution in [3.63, 3.8) is 0 Å². The Balaban J connectivity index is 1.50. The van der Waals surface area contributed by atoms with E-state index in [1.165, 1.54) is 0 Å². The number of carbonyl (C=O) groups is 1. The number of amides is 1. The van der Waals surface area contributed by atoms with Gasteiger partial charge in [-0.3, -0.25) is 4.79 Å². The van der Waals surface area contributed by atoms with Crippen LogP contribution in [0.3, 0.4) is 0 Å². The van der Waals surface area contributed by atoms with E-state index in [1.807, 2.05) is 12.1 Å². The first-order chi connectivity index (χ1) is 13.2. The lowest BCUT2D eigenvalue weighted by Crippen LogP contribution is -2.33. The van der Waals surface area contributed by atoms with Crippen molar-refractivity contribution in [3.8, 4) is 0 Å². The Morgan fingerprint density at radius 2 is 1.82 bits per heavy atom. The number of sulfonamides is 1. The Kier molecular flexibility index (Phi) is 5.85. The van der Waals surface area contributed by atoms with Crippen LogP contribution < -0.4 is 4.72 Å². The summed E-state index contributed by atoms with van der Waals surface area (Å²) in [5, 5.41) is 8.23. The zero-order valence-electron chi connectivity index (χ0n) is 16.5. The van der Waals surface area contributed by atoms with Gasteiger partial charge in [0.2, 0.25) is 15.9 Å². The molecule has 1 fully saturated rings. The maximum absolute atomic E-state index is 12.4. The Labute approximate surface area is 166 Å². The summed E-state index contributed by atoms with van der Waals surface area (Å²) in [4.78, 5) is 15.9. The minimum absolute atomic E-state index is 0.0403. The van der Waals surface area contributed by atoms with E-state index in [0.717, 1.165) is 12.0 Å². The SMILES string of the molecule is CC(C)(C)c1ccc(S(=O)(=O)NCCC(=O)N2CCC(n3nccn3)C2)cc1. The molecule has 1 aliphatic rings. The molecule has 0 spiro atoms. The van der Waals surface area contributed by atoms with Gasteiger partial charge in [0.15, 0.2) is 0 Å². The standard InChI is InChI=1S/C19H27N5O3S/c1-19(2,3)15-4-6-17(7-5-15)28(26,27)22-10-8-18(25)23-13-9-16(14-23)24-20-11-12-21-24/h4-7,11-12,16,22H,8-10,13-14H2,1-3H3. The summed E-state index contributed by atoms with van der Waals surface area (Å²) in [6.45, 7) is 7.48. The number of hydrogen-bond acceptors (Lipinski definition) is 5. The second-order valence-corrected chi connectivity index (χ2v) is 9.82. The highest BCUT2D eigenvalue weighted by Gasteiger charge is 2.28. The molecule has 1 aromatic heterocycles. The second kappa shape index (κ2) is 8.00. The Bertz CT molecular complexity index is 902. The van der Waals surface area contributed by atoms with Crippen molar-refractivity contribution in [3.05, 3.63) is 42.2 Å². The van der Waals surface area contributed by atoms with E-state index in [1.54, 1.807) is 34.2 Å². The van der Waals surface area contributed by atoms with Crippen molar-refractivity contribution in [1.29, 1.82) is 0 Å². The lowest BCUT2D eigenvalue weighted by Gasteiger charge is -2.19. The van der Waals surface area contributed by atoms with E-state index >= 15 is 0 Å². The maximum atomic E-state index is 12.4. The van der Waals surface area contributed by atoms with E-state index in [4.69, 9.17) is 0 Å². The number of benzene rings is 1. The van der Waals surface area contributed by atoms with Crippen LogP contribution in [0.5, 0.6) is 0 Å². The molecule has 1 unspecified atom stereocenters. The Hall–Kier alpha value is -2.26. The van der Waals surface area contributed by atoms with Crippen LogP contribution in [0.15, 0.2) is 41.6 Å². The molecule has 1 aliphatic heterocycles. The highest BCUT2D eigenvalue weighted by molar-refractivity contribution is 7.89. The average Bonchev–Trinajstić information content (AvgIpc) is 3.32. The number of nitrogens with zero attached hydrogens (tertiary/aromatic N) is 4. The van der Waals surface area contributed by atoms with Gasteiger partial charge in [-0.25, -0.2) is 13.1 Å². The van der Waals surface area contributed by atoms with Crippen molar-refractivity contribution < 1.29 is 13.2 Å². The van der Waals surface area contributed by atoms with Gasteiger partial charge in [0.25, 0.3) is 0 Å². The van der Waals surface area contributed by atoms with Gasteiger partial charge in [-0.1, -0.05) is 32.9 Å². The van der Waals surface area contributed by atoms with Crippen LogP contribution in [0.25, 0.3) is 0 Å². The number of likely N-dealkylation sites (tertiary alicyclic amines) is 1. The van der Waals surface area contributed by atoms with Crippen LogP contribution >= 0.6 is 0 Å². The summed E-state index contributed by atoms with van der Waals surface area (Å²) >= 11 is 0. The van der Waals surface area contributed by atoms with Gasteiger partial charge >= 0.3 is 0 Å². The van der Waals surface area contributed by atoms with E-state index in [9.17, 15) is 13.2 Å². The van der Waals surface area contributed by atoms with Crippen molar-refractivity contribution in [2.75, 3.05) is 19.6 Å². The minimum atomic E-state index is -3.63. The van der Waals surface area contributed by atoms with Crippen molar-refractivity contribution in [1.82, 2.24) is 24.6 Å². The van der Waals surface area contributed by atoms with Crippen LogP contribution in [0.1, 0.15) is 45.2 Å². The molecule has 1 aromatic carbocycles. The predicted octanol–water partition coefficient (Wildman–Crippen LogP) is 1.72. The first kappa shape index (κ1) is 20.5. The van der Waals surface area contributed by atoms with Gasteiger partial charge in [0, 0.05) is 26.1 Å². The summed E-state index contributed by atoms with van der Waals surface area (Å²) in [7, 11) is -3.63. The number of aromatic nitrogens is 3. The highest BCUT2D eigenvalue weighted by Crippen LogP contribution is 2.23. The zero-order valence-corrected chi connectivity index (χ0v) is 17.3. The molecule has 0 aliphatic carbocycles. The number of nitrogens with one attached hydrogen (secondary N) is 1. The lowest BCUT2D eigenvalue weighted by molar-refractivity contribution is -0.130. The molecular weight excluding hydrogens is 378 g/mol. The van der Waals surface area contributed by atoms with Gasteiger partial charge in [-0.15, -0.1) is 0 Å². The molecule has 0 saturated carbocycles. The fraction of sp³-hybridized carbons (Fsp3) is 0.526. The summed E-state index contributed by atoms with van der Waals surface area (Å²) in [6.07, 6.45) is 4.16. The van der Waals surface area contributed by atoms with Gasteiger partial charge < -0.3 is 4.90 Å². The molecule has 9 heteroatoms. The van der Waals surface area contributed by atoms with E-state index in [-0.39, 0.29) is 35.2 Å². The average molecular weight is 406 g/mol. The van der Waals surface area contributed by atoms with Gasteiger partial charge in [0.1, 0.15) is 0 Å². The monoisotopic (exact) mass is 405 g/mol. The molecule has 3 rings (SSSR count). The largest absolute Gasteiger partial charge is 0.340 e. The molecule has 1 amide bonds. The lowest BCUT2D eigenvalue weighted by atomic mass is 9.87. The minimum Gasteiger partial charge on any atom is -0.340 e. The molecule has 28 heavy (non-hydrogen) atoms. The van der Waals surface area contributed by atoms with E-state index in [2.05, 4.69) is 35.7 Å². The third-order valence-corrected chi connectivity index (χ3v) is 6.42. The van der Waals surface area contributed by atoms with Gasteiger partial charge in [0.05, 0.1) is 23.3 Å². The molecule has 152 valence electrons. The van der Waals surface area contributed by atoms with Crippen LogP contribution in [0.2, 0.25) is 0 Å². The molecule has 1 atom stereocenters. The van der Waals surface area contributed by atoms with Crippen molar-refractivity contribution in [2.45, 2.75) is 50.0 Å². The first-order valence-corrected chi connectivity index (χ1v) is 10.9. The normalized spacial score (nSPS) is 17.8. The van der Waals surface area contributed by atoms with Gasteiger partial charge in [-0.2, -0.15) is 15.0 Å². The number of rotatable bonds is 6. The van der Waals surface area contributed by atoms with Crippen molar-refractivity contribution in [2.24, 2.45) is 0 Å². The number of hydrogen-bond donors (Lipinski definition) is 1. The fourth-order valence-corrected chi connectivity index (χ4v) is 4.27. The Morgan fingerprint density at radius 1 is 1.18 bits per heavy atom. The van der Waals surface area contributed by atoms with Crippen molar-refractivity contribution >= 4 is 15.9 Å². The highest BCUT2D eigenvalue weighted by atomic mass is 32.2. The third-order valence-electron chi connectivity index (χ3n) is 4.94. The molecule has 1 saturated heterocycles. The predicted molar refractivity (Wildman–Crippen MR) is 105 cm³/mol. The van der Waals surface area contributed by atoms with E-state index in [0.29, 0.717) is 13.1 Å². The van der Waals surface area contributed by atoms with E-state index < -0.39 is 10.0 Å². The first-order valence-electron chi connectivity index (χ1n) is 9.40. The topological polar surface area (TPSA) is 97.2 Å². The molecular formula is C19H27N5O3S. The maximum Gasteiger partial charge on any atom is 0.240 e. The Morgan fingerprint density at radius 3 is 2.43 bits per heavy atom. The summed E-state index contributed by atoms with van der Waals surface area (Å²) < 4.78 is 27.4. The fourth-order valence-electron chi connectivity index (χ4n) is 3.24. The van der Waals surface area contributed by atoms with Crippen LogP contribution in [-0.4, -0.2) is 53.9 Å². The summed E-state index contributed by atoms with van der Waals surface area (Å²) in [5.74, 6) is -0.0690. The quantitative estimate of drug-likeness (QED) is 0.789. The van der Waals surface area contributed by atoms with Crippen LogP contribution in [-0.2, 0) is 20.2 Å². The molecule has 1 N–H and O–H groups in total. The molecule has 2 aromatic rings. The van der Waals surface area contributed by atoms with Crippen LogP contribution in [0.4, 0.5) is 0 Å². The smallest absolute Gasteiger partial charge is 0.240 e. The summed E-state index contributed by atoms with van der Waals surface area (Å²) in [6, 6.07) is 6.94. The third kappa shape index (κ3) is 4.77. The summed E-state index contributed by atoms with van der Waals surface area (Å²) in [5.41, 5.74) is 1.03. The molecule has 0 radical (unpaired) electrons. The van der Waals surface area contributed by atoms with Gasteiger partial charge in [-0.05, 0) is 29.5 Å². The molecule has 2 heterocycles. The second-order valence-electron chi connectivity index (χ2n) is 8.05. The van der Waals surface area contributed by atoms with Crippen LogP contribution in [0, 0.1) is 0 Å². The molecule has 8 nitrogen and oxygen atoms in total.